The van der Waals surface area contributed by atoms with Crippen molar-refractivity contribution in [2.45, 2.75) is 130 Å². The summed E-state index contributed by atoms with van der Waals surface area (Å²) in [5, 5.41) is 0. The van der Waals surface area contributed by atoms with Crippen molar-refractivity contribution in [1.82, 2.24) is 0 Å². The summed E-state index contributed by atoms with van der Waals surface area (Å²) < 4.78 is 22.5. The van der Waals surface area contributed by atoms with Gasteiger partial charge in [0.15, 0.2) is 13.1 Å². The van der Waals surface area contributed by atoms with Crippen molar-refractivity contribution in [3.63, 3.8) is 0 Å². The lowest BCUT2D eigenvalue weighted by Crippen LogP contribution is -2.19. The third-order valence-electron chi connectivity index (χ3n) is 5.11. The highest BCUT2D eigenvalue weighted by Gasteiger charge is 2.09. The van der Waals surface area contributed by atoms with Gasteiger partial charge in [0.25, 0.3) is 0 Å². The highest BCUT2D eigenvalue weighted by molar-refractivity contribution is 4.72. The maximum Gasteiger partial charge on any atom is 0.188 e. The summed E-state index contributed by atoms with van der Waals surface area (Å²) in [5.74, 6) is 0. The van der Waals surface area contributed by atoms with Gasteiger partial charge >= 0.3 is 0 Å². The van der Waals surface area contributed by atoms with Gasteiger partial charge in [-0.15, -0.1) is 0 Å². The molecule has 4 heteroatoms. The number of hydrogen-bond donors (Lipinski definition) is 0. The summed E-state index contributed by atoms with van der Waals surface area (Å²) in [7, 11) is 0. The minimum absolute atomic E-state index is 0.0140. The Labute approximate surface area is 188 Å². The van der Waals surface area contributed by atoms with Crippen LogP contribution in [0, 0.1) is 0 Å². The molecule has 0 radical (unpaired) electrons. The fourth-order valence-corrected chi connectivity index (χ4v) is 3.23. The maximum absolute atomic E-state index is 6.00. The average Bonchev–Trinajstić information content (AvgIpc) is 2.76. The van der Waals surface area contributed by atoms with Crippen molar-refractivity contribution in [1.29, 1.82) is 0 Å². The van der Waals surface area contributed by atoms with Crippen molar-refractivity contribution in [3.05, 3.63) is 12.3 Å². The molecule has 0 aromatic rings. The van der Waals surface area contributed by atoms with E-state index in [1.54, 1.807) is 6.26 Å². The summed E-state index contributed by atoms with van der Waals surface area (Å²) in [5.41, 5.74) is 0. The number of allylic oxidation sites excluding steroid dienone is 1. The lowest BCUT2D eigenvalue weighted by atomic mass is 10.1. The van der Waals surface area contributed by atoms with Gasteiger partial charge in [0.1, 0.15) is 0 Å². The molecule has 0 unspecified atom stereocenters. The van der Waals surface area contributed by atoms with Crippen LogP contribution in [-0.2, 0) is 18.9 Å². The van der Waals surface area contributed by atoms with Crippen molar-refractivity contribution in [2.75, 3.05) is 26.6 Å². The molecule has 0 saturated carbocycles. The van der Waals surface area contributed by atoms with Crippen LogP contribution in [0.3, 0.4) is 0 Å². The van der Waals surface area contributed by atoms with Crippen LogP contribution in [0.25, 0.3) is 0 Å². The number of rotatable bonds is 25. The van der Waals surface area contributed by atoms with Gasteiger partial charge in [-0.3, -0.25) is 0 Å². The summed E-state index contributed by atoms with van der Waals surface area (Å²) in [6.07, 6.45) is 23.4. The molecule has 0 aliphatic rings. The fraction of sp³-hybridized carbons (Fsp3) is 0.923. The molecule has 0 atom stereocenters. The monoisotopic (exact) mass is 428 g/mol. The van der Waals surface area contributed by atoms with Crippen LogP contribution in [0.4, 0.5) is 0 Å². The van der Waals surface area contributed by atoms with Gasteiger partial charge in [0.2, 0.25) is 0 Å². The fourth-order valence-electron chi connectivity index (χ4n) is 3.23. The van der Waals surface area contributed by atoms with Crippen LogP contribution in [0.1, 0.15) is 124 Å². The molecule has 30 heavy (non-hydrogen) atoms. The number of ether oxygens (including phenoxy) is 4. The van der Waals surface area contributed by atoms with Crippen molar-refractivity contribution >= 4 is 0 Å². The Morgan fingerprint density at radius 2 is 1.20 bits per heavy atom. The minimum atomic E-state index is 0.0140. The first kappa shape index (κ1) is 29.4. The molecule has 4 nitrogen and oxygen atoms in total. The largest absolute Gasteiger partial charge is 0.475 e. The lowest BCUT2D eigenvalue weighted by molar-refractivity contribution is -0.148. The molecule has 0 spiro atoms. The maximum atomic E-state index is 6.00. The Morgan fingerprint density at radius 3 is 1.80 bits per heavy atom. The van der Waals surface area contributed by atoms with E-state index < -0.39 is 0 Å². The molecule has 0 aliphatic heterocycles. The first-order valence-electron chi connectivity index (χ1n) is 12.9. The van der Waals surface area contributed by atoms with E-state index in [-0.39, 0.29) is 6.29 Å². The van der Waals surface area contributed by atoms with E-state index in [9.17, 15) is 0 Å². The van der Waals surface area contributed by atoms with Crippen LogP contribution in [-0.4, -0.2) is 32.9 Å². The molecule has 0 aliphatic carbocycles. The zero-order valence-corrected chi connectivity index (χ0v) is 20.5. The molecule has 0 aromatic heterocycles. The lowest BCUT2D eigenvalue weighted by Gasteiger charge is -2.18. The molecule has 0 N–H and O–H groups in total. The van der Waals surface area contributed by atoms with Crippen molar-refractivity contribution in [2.24, 2.45) is 0 Å². The van der Waals surface area contributed by atoms with E-state index >= 15 is 0 Å². The van der Waals surface area contributed by atoms with Crippen LogP contribution in [0.5, 0.6) is 0 Å². The van der Waals surface area contributed by atoms with E-state index in [0.29, 0.717) is 6.79 Å². The Bertz CT molecular complexity index is 321. The standard InChI is InChI=1S/C26H52O4/c1-4-7-17-23-29-26(30-24-18-8-5-2)20-16-14-12-10-9-11-13-15-19-22-28-25-27-21-6-3/h19,22,26H,4-18,20-21,23-25H2,1-3H3. The number of hydrogen-bond acceptors (Lipinski definition) is 4. The summed E-state index contributed by atoms with van der Waals surface area (Å²) in [6, 6.07) is 0. The molecule has 0 saturated heterocycles. The zero-order valence-electron chi connectivity index (χ0n) is 20.5. The van der Waals surface area contributed by atoms with E-state index in [1.807, 2.05) is 0 Å². The van der Waals surface area contributed by atoms with E-state index in [0.717, 1.165) is 51.9 Å². The summed E-state index contributed by atoms with van der Waals surface area (Å²) >= 11 is 0. The van der Waals surface area contributed by atoms with E-state index in [4.69, 9.17) is 18.9 Å². The first-order chi connectivity index (χ1) is 14.8. The minimum Gasteiger partial charge on any atom is -0.475 e. The molecule has 180 valence electrons. The number of unbranched alkanes of at least 4 members (excludes halogenated alkanes) is 11. The zero-order chi connectivity index (χ0) is 22.0. The van der Waals surface area contributed by atoms with Gasteiger partial charge in [0, 0.05) is 13.2 Å². The molecule has 0 rings (SSSR count). The second-order valence-corrected chi connectivity index (χ2v) is 8.20. The molecule has 0 bridgehead atoms. The normalized spacial score (nSPS) is 11.7. The van der Waals surface area contributed by atoms with E-state index in [1.165, 1.54) is 70.6 Å². The Hall–Kier alpha value is -0.580. The van der Waals surface area contributed by atoms with Crippen LogP contribution >= 0.6 is 0 Å². The smallest absolute Gasteiger partial charge is 0.188 e. The van der Waals surface area contributed by atoms with Gasteiger partial charge < -0.3 is 18.9 Å². The Morgan fingerprint density at radius 1 is 0.600 bits per heavy atom. The second-order valence-electron chi connectivity index (χ2n) is 8.20. The van der Waals surface area contributed by atoms with Gasteiger partial charge in [-0.25, -0.2) is 0 Å². The highest BCUT2D eigenvalue weighted by atomic mass is 16.7. The SMILES string of the molecule is CCCCCOC(CCCCCCCCCC=COCOCCC)OCCCCC. The van der Waals surface area contributed by atoms with Crippen molar-refractivity contribution < 1.29 is 18.9 Å². The third-order valence-corrected chi connectivity index (χ3v) is 5.11. The van der Waals surface area contributed by atoms with Crippen molar-refractivity contribution in [3.8, 4) is 0 Å². The van der Waals surface area contributed by atoms with Crippen LogP contribution in [0.15, 0.2) is 12.3 Å². The molecule has 0 fully saturated rings. The summed E-state index contributed by atoms with van der Waals surface area (Å²) in [4.78, 5) is 0. The van der Waals surface area contributed by atoms with Crippen LogP contribution < -0.4 is 0 Å². The molecular weight excluding hydrogens is 376 g/mol. The Kier molecular flexibility index (Phi) is 25.9. The van der Waals surface area contributed by atoms with Crippen LogP contribution in [0.2, 0.25) is 0 Å². The topological polar surface area (TPSA) is 36.9 Å². The predicted molar refractivity (Wildman–Crippen MR) is 128 cm³/mol. The molecular formula is C26H52O4. The van der Waals surface area contributed by atoms with Gasteiger partial charge in [-0.2, -0.15) is 0 Å². The summed E-state index contributed by atoms with van der Waals surface area (Å²) in [6.45, 7) is 9.39. The Balaban J connectivity index is 3.54. The average molecular weight is 429 g/mol. The van der Waals surface area contributed by atoms with Gasteiger partial charge in [-0.1, -0.05) is 78.6 Å². The quantitative estimate of drug-likeness (QED) is 0.0835. The highest BCUT2D eigenvalue weighted by Crippen LogP contribution is 2.14. The molecule has 0 aromatic carbocycles. The van der Waals surface area contributed by atoms with Gasteiger partial charge in [0.05, 0.1) is 12.9 Å². The van der Waals surface area contributed by atoms with Gasteiger partial charge in [-0.05, 0) is 51.0 Å². The molecule has 0 amide bonds. The molecule has 0 heterocycles. The second kappa shape index (κ2) is 26.5. The predicted octanol–water partition coefficient (Wildman–Crippen LogP) is 8.15. The van der Waals surface area contributed by atoms with E-state index in [2.05, 4.69) is 26.8 Å². The first-order valence-corrected chi connectivity index (χ1v) is 12.9. The third kappa shape index (κ3) is 23.7.